The smallest absolute Gasteiger partial charge is 0.303 e. The molecule has 0 heterocycles. The number of hydrogen-bond donors (Lipinski definition) is 2. The molecule has 2 N–H and O–H groups in total. The van der Waals surface area contributed by atoms with Crippen LogP contribution < -0.4 is 0 Å². The molecule has 0 aromatic heterocycles. The van der Waals surface area contributed by atoms with Gasteiger partial charge in [0.2, 0.25) is 0 Å². The van der Waals surface area contributed by atoms with E-state index in [0.717, 1.165) is 69.5 Å². The highest BCUT2D eigenvalue weighted by atomic mass is 79.9. The number of ether oxygens (including phenoxy) is 4. The molecule has 0 rings (SSSR count). The van der Waals surface area contributed by atoms with Crippen molar-refractivity contribution in [2.24, 2.45) is 0 Å². The molecule has 0 aromatic rings. The van der Waals surface area contributed by atoms with Crippen molar-refractivity contribution in [3.05, 3.63) is 24.3 Å². The third kappa shape index (κ3) is 95.4. The maximum atomic E-state index is 10.4. The first-order chi connectivity index (χ1) is 44.1. The lowest BCUT2D eigenvalue weighted by molar-refractivity contribution is -0.137. The number of carboxylic acid groups (broad SMARTS) is 1. The Morgan fingerprint density at radius 3 is 1.21 bits per heavy atom. The maximum absolute atomic E-state index is 10.4. The molecule has 540 valence electrons. The number of alkyl halides is 1. The minimum Gasteiger partial charge on any atom is -0.481 e. The van der Waals surface area contributed by atoms with Gasteiger partial charge in [-0.3, -0.25) is 4.79 Å². The Balaban J connectivity index is -0.0000000980. The molecule has 8 unspecified atom stereocenters. The zero-order valence-electron chi connectivity index (χ0n) is 61.7. The fourth-order valence-electron chi connectivity index (χ4n) is 9.78. The molecule has 0 aliphatic carbocycles. The fraction of sp³-hybridized carbons (Fsp3) is 0.795. The highest BCUT2D eigenvalue weighted by Gasteiger charge is 2.10. The second-order valence-electron chi connectivity index (χ2n) is 25.0. The Bertz CT molecular complexity index is 1940. The van der Waals surface area contributed by atoms with Crippen molar-refractivity contribution in [2.75, 3.05) is 11.9 Å². The molecular weight excluding hydrogens is 1190 g/mol. The van der Waals surface area contributed by atoms with Crippen molar-refractivity contribution in [2.45, 2.75) is 415 Å². The number of aliphatic hydroxyl groups excluding tert-OH is 1. The summed E-state index contributed by atoms with van der Waals surface area (Å²) < 4.78 is 23.6. The van der Waals surface area contributed by atoms with Crippen LogP contribution >= 0.6 is 15.9 Å². The van der Waals surface area contributed by atoms with Crippen LogP contribution in [0, 0.1) is 72.1 Å². The third-order valence-corrected chi connectivity index (χ3v) is 15.9. The Hall–Kier alpha value is -3.41. The Kier molecular flexibility index (Phi) is 89.5. The molecule has 0 radical (unpaired) electrons. The van der Waals surface area contributed by atoms with Crippen LogP contribution in [0.3, 0.4) is 0 Å². The van der Waals surface area contributed by atoms with Gasteiger partial charge >= 0.3 is 5.97 Å². The zero-order chi connectivity index (χ0) is 68.7. The van der Waals surface area contributed by atoms with E-state index in [2.05, 4.69) is 175 Å². The van der Waals surface area contributed by atoms with Crippen LogP contribution in [0.15, 0.2) is 24.3 Å². The molecule has 8 atom stereocenters. The van der Waals surface area contributed by atoms with Gasteiger partial charge < -0.3 is 29.2 Å². The topological polar surface area (TPSA) is 94.5 Å². The zero-order valence-corrected chi connectivity index (χ0v) is 63.3. The van der Waals surface area contributed by atoms with Crippen LogP contribution in [-0.2, 0) is 23.7 Å². The van der Waals surface area contributed by atoms with E-state index < -0.39 is 5.97 Å². The number of aliphatic hydroxyl groups is 1. The van der Waals surface area contributed by atoms with Crippen molar-refractivity contribution in [3.63, 3.8) is 0 Å². The van der Waals surface area contributed by atoms with Crippen LogP contribution in [0.2, 0.25) is 0 Å². The number of allylic oxidation sites excluding steroid dienone is 2. The second-order valence-corrected chi connectivity index (χ2v) is 25.7. The molecule has 0 saturated heterocycles. The average Bonchev–Trinajstić information content (AvgIpc) is 2.21. The van der Waals surface area contributed by atoms with Gasteiger partial charge in [-0.25, -0.2) is 0 Å². The van der Waals surface area contributed by atoms with E-state index in [9.17, 15) is 4.79 Å². The first-order valence-corrected chi connectivity index (χ1v) is 38.3. The van der Waals surface area contributed by atoms with E-state index in [-0.39, 0.29) is 28.3 Å². The molecule has 0 spiro atoms. The highest BCUT2D eigenvalue weighted by Crippen LogP contribution is 2.17. The van der Waals surface area contributed by atoms with Crippen molar-refractivity contribution < 1.29 is 43.9 Å². The van der Waals surface area contributed by atoms with Gasteiger partial charge in [-0.1, -0.05) is 254 Å². The van der Waals surface area contributed by atoms with E-state index in [4.69, 9.17) is 35.6 Å². The van der Waals surface area contributed by atoms with Crippen LogP contribution in [0.1, 0.15) is 376 Å². The standard InChI is InChI=1S/C23H44O.C22H42O3.C22H44O2.C13H11BrO.C3H4.7H2/c1-5-7-9-11-13-14-15-17-19-21-23(4)24-22(3)20-18-16-12-10-8-6-2;1-4-5-6-7-11-14-17-20(2)25-21(3)18-15-12-9-8-10-13-16-19-22(23)24;1-4-5-6-7-12-15-18-21(2)24-22(3)19-16-13-10-8-9-11-14-17-20-23;1-4-5-6-7-8-9-10-12(2)15-13(3)11-14;1-3-2;;;;;;;/h22-23H,5-16,18,20-21H2,1-4H3;12,15,20-21H,4-11,13-14,16-19H2,1-3H3,(H,23,24);13,16,21-23H,4-12,14-15,17-20H2,1-3H3;1,12-13H,11H2,2-3H3;1H,2H3;7*1H/b;15-12-;16-13-;;;;;;;;;. The minimum atomic E-state index is -0.681. The summed E-state index contributed by atoms with van der Waals surface area (Å²) in [5.41, 5.74) is 0. The molecule has 0 amide bonds. The van der Waals surface area contributed by atoms with Crippen molar-refractivity contribution in [3.8, 4) is 72.1 Å². The summed E-state index contributed by atoms with van der Waals surface area (Å²) >= 11 is 3.32. The van der Waals surface area contributed by atoms with Crippen molar-refractivity contribution in [1.82, 2.24) is 0 Å². The van der Waals surface area contributed by atoms with Gasteiger partial charge in [0.15, 0.2) is 0 Å². The van der Waals surface area contributed by atoms with Crippen LogP contribution in [0.5, 0.6) is 0 Å². The average molecular weight is 1350 g/mol. The second kappa shape index (κ2) is 84.6. The number of unbranched alkanes of at least 4 members (excludes halogenated alkanes) is 30. The van der Waals surface area contributed by atoms with Crippen molar-refractivity contribution in [1.29, 1.82) is 0 Å². The largest absolute Gasteiger partial charge is 0.481 e. The molecule has 0 fully saturated rings. The van der Waals surface area contributed by atoms with Gasteiger partial charge in [0.05, 0.1) is 42.7 Å². The molecule has 0 aromatic carbocycles. The number of rotatable bonds is 55. The third-order valence-electron chi connectivity index (χ3n) is 15.0. The first-order valence-electron chi connectivity index (χ1n) is 37.2. The van der Waals surface area contributed by atoms with Crippen LogP contribution in [-0.4, -0.2) is 77.0 Å². The Morgan fingerprint density at radius 1 is 0.440 bits per heavy atom. The van der Waals surface area contributed by atoms with E-state index in [1.807, 2.05) is 13.8 Å². The number of carbonyl (C=O) groups is 1. The summed E-state index contributed by atoms with van der Waals surface area (Å²) in [4.78, 5) is 10.4. The van der Waals surface area contributed by atoms with Gasteiger partial charge in [0.1, 0.15) is 6.10 Å². The SMILES string of the molecule is C#CC.C#CC#CC#CC#CC(C)OC(C)CBr.CCCCCCCCC#CCC(C)OC(C)CCCCCCCC.CCCCCCCCC(C)OC(C)C/C=C\CCCCCCC(=O)O.CCCCCCCCC(C)OC(C)C/C=C\CCCCCCCO.[HH].[HH].[HH].[HH].[HH].[HH].[HH]. The van der Waals surface area contributed by atoms with E-state index in [0.29, 0.717) is 43.5 Å². The Labute approximate surface area is 586 Å². The number of terminal acetylenes is 2. The summed E-state index contributed by atoms with van der Waals surface area (Å²) in [6.45, 7) is 28.1. The molecular formula is C83H159BrO7. The molecule has 8 heteroatoms. The number of carboxylic acids is 1. The first kappa shape index (κ1) is 96.3. The van der Waals surface area contributed by atoms with Crippen LogP contribution in [0.25, 0.3) is 0 Å². The van der Waals surface area contributed by atoms with Gasteiger partial charge in [0, 0.05) is 41.2 Å². The van der Waals surface area contributed by atoms with Gasteiger partial charge in [-0.15, -0.1) is 30.6 Å². The van der Waals surface area contributed by atoms with Gasteiger partial charge in [0.25, 0.3) is 0 Å². The highest BCUT2D eigenvalue weighted by molar-refractivity contribution is 9.09. The molecule has 0 aliphatic heterocycles. The van der Waals surface area contributed by atoms with E-state index >= 15 is 0 Å². The monoisotopic (exact) mass is 1350 g/mol. The number of hydrogen-bond acceptors (Lipinski definition) is 6. The van der Waals surface area contributed by atoms with Gasteiger partial charge in [-0.2, -0.15) is 0 Å². The van der Waals surface area contributed by atoms with E-state index in [1.54, 1.807) is 6.92 Å². The summed E-state index contributed by atoms with van der Waals surface area (Å²) in [5, 5.41) is 18.1. The fourth-order valence-corrected chi connectivity index (χ4v) is 9.93. The predicted molar refractivity (Wildman–Crippen MR) is 417 cm³/mol. The molecule has 91 heavy (non-hydrogen) atoms. The molecule has 7 nitrogen and oxygen atoms in total. The normalized spacial score (nSPS) is 13.1. The summed E-state index contributed by atoms with van der Waals surface area (Å²) in [6, 6.07) is 0. The minimum absolute atomic E-state index is 0. The predicted octanol–water partition coefficient (Wildman–Crippen LogP) is 25.6. The number of halogens is 1. The quantitative estimate of drug-likeness (QED) is 0.0271. The summed E-state index contributed by atoms with van der Waals surface area (Å²) in [5.74, 6) is 25.8. The molecule has 0 aliphatic rings. The summed E-state index contributed by atoms with van der Waals surface area (Å²) in [7, 11) is 0. The lowest BCUT2D eigenvalue weighted by Gasteiger charge is -2.18. The van der Waals surface area contributed by atoms with Crippen molar-refractivity contribution >= 4 is 21.9 Å². The maximum Gasteiger partial charge on any atom is 0.303 e. The van der Waals surface area contributed by atoms with E-state index in [1.165, 1.54) is 205 Å². The molecule has 0 bridgehead atoms. The lowest BCUT2D eigenvalue weighted by Crippen LogP contribution is -2.16. The van der Waals surface area contributed by atoms with Crippen LogP contribution in [0.4, 0.5) is 0 Å². The van der Waals surface area contributed by atoms with Gasteiger partial charge in [-0.05, 0) is 175 Å². The number of aliphatic carboxylic acids is 1. The lowest BCUT2D eigenvalue weighted by atomic mass is 10.1. The Morgan fingerprint density at radius 2 is 0.802 bits per heavy atom. The molecule has 0 saturated carbocycles. The summed E-state index contributed by atoms with van der Waals surface area (Å²) in [6.07, 6.45) is 73.3.